The highest BCUT2D eigenvalue weighted by molar-refractivity contribution is 6.04. The molecule has 3 N–H and O–H groups in total. The van der Waals surface area contributed by atoms with E-state index in [1.54, 1.807) is 0 Å². The highest BCUT2D eigenvalue weighted by Crippen LogP contribution is 2.16. The van der Waals surface area contributed by atoms with Crippen LogP contribution in [0.1, 0.15) is 219 Å². The molecule has 0 heterocycles. The maximum Gasteiger partial charge on any atom is 0.202 e. The highest BCUT2D eigenvalue weighted by Gasteiger charge is 2.24. The zero-order chi connectivity index (χ0) is 29.4. The maximum atomic E-state index is 12.4. The third kappa shape index (κ3) is 32.5. The molecule has 0 aliphatic carbocycles. The smallest absolute Gasteiger partial charge is 0.202 e. The quantitative estimate of drug-likeness (QED) is 0.0566. The van der Waals surface area contributed by atoms with Crippen molar-refractivity contribution in [2.45, 2.75) is 225 Å². The minimum Gasteiger partial charge on any atom is -1.00 e. The van der Waals surface area contributed by atoms with E-state index >= 15 is 0 Å². The predicted molar refractivity (Wildman–Crippen MR) is 176 cm³/mol. The van der Waals surface area contributed by atoms with Crippen LogP contribution in [0.4, 0.5) is 0 Å². The number of Topliss-reactive ketones (excluding diaryl/α,β-unsaturated/α-hetero) is 2. The summed E-state index contributed by atoms with van der Waals surface area (Å²) in [4.78, 5) is 24.8. The molecule has 0 rings (SSSR count). The van der Waals surface area contributed by atoms with Crippen LogP contribution < -0.4 is 22.7 Å². The number of hydrogen-bond donors (Lipinski definition) is 1. The van der Waals surface area contributed by atoms with Crippen LogP contribution in [0.3, 0.4) is 0 Å². The monoisotopic (exact) mass is 643 g/mol. The number of carbonyl (C=O) groups is 2. The van der Waals surface area contributed by atoms with Crippen LogP contribution in [-0.2, 0) is 9.59 Å². The van der Waals surface area contributed by atoms with Crippen LogP contribution in [-0.4, -0.2) is 17.6 Å². The van der Waals surface area contributed by atoms with Crippen molar-refractivity contribution >= 4 is 11.6 Å². The topological polar surface area (TPSA) is 61.8 Å². The molecule has 0 amide bonds. The molecule has 0 aliphatic rings. The van der Waals surface area contributed by atoms with Gasteiger partial charge in [0, 0.05) is 12.8 Å². The van der Waals surface area contributed by atoms with E-state index in [4.69, 9.17) is 0 Å². The Kier molecular flexibility index (Phi) is 37.6. The Bertz CT molecular complexity index is 493. The van der Waals surface area contributed by atoms with Crippen molar-refractivity contribution in [1.29, 1.82) is 0 Å². The van der Waals surface area contributed by atoms with Gasteiger partial charge in [-0.05, 0) is 12.8 Å². The van der Waals surface area contributed by atoms with E-state index in [1.165, 1.54) is 167 Å². The summed E-state index contributed by atoms with van der Waals surface area (Å²) in [6, 6.07) is -0.627. The average molecular weight is 645 g/mol. The second kappa shape index (κ2) is 36.0. The van der Waals surface area contributed by atoms with E-state index in [2.05, 4.69) is 19.6 Å². The number of quaternary nitrogens is 1. The molecule has 0 saturated heterocycles. The molecule has 0 spiro atoms. The van der Waals surface area contributed by atoms with Gasteiger partial charge in [-0.15, -0.1) is 0 Å². The highest BCUT2D eigenvalue weighted by atomic mass is 79.9. The Morgan fingerprint density at radius 1 is 0.366 bits per heavy atom. The Morgan fingerprint density at radius 2 is 0.537 bits per heavy atom. The van der Waals surface area contributed by atoms with E-state index in [1.807, 2.05) is 0 Å². The Labute approximate surface area is 268 Å². The zero-order valence-corrected chi connectivity index (χ0v) is 29.7. The van der Waals surface area contributed by atoms with E-state index in [9.17, 15) is 9.59 Å². The van der Waals surface area contributed by atoms with E-state index in [0.717, 1.165) is 25.7 Å². The minimum atomic E-state index is -0.627. The van der Waals surface area contributed by atoms with Crippen molar-refractivity contribution in [2.24, 2.45) is 0 Å². The number of carbonyl (C=O) groups excluding carboxylic acids is 2. The van der Waals surface area contributed by atoms with Crippen molar-refractivity contribution in [3.63, 3.8) is 0 Å². The number of unbranched alkanes of at least 4 members (excludes halogenated alkanes) is 28. The third-order valence-corrected chi connectivity index (χ3v) is 8.83. The van der Waals surface area contributed by atoms with Gasteiger partial charge in [0.1, 0.15) is 0 Å². The summed E-state index contributed by atoms with van der Waals surface area (Å²) in [7, 11) is 0. The van der Waals surface area contributed by atoms with Gasteiger partial charge in [0.05, 0.1) is 0 Å². The summed E-state index contributed by atoms with van der Waals surface area (Å²) in [5.41, 5.74) is 3.92. The molecule has 0 bridgehead atoms. The molecule has 0 fully saturated rings. The molecule has 0 aliphatic heterocycles. The van der Waals surface area contributed by atoms with Gasteiger partial charge in [-0.2, -0.15) is 0 Å². The van der Waals surface area contributed by atoms with Gasteiger partial charge in [-0.3, -0.25) is 9.59 Å². The van der Waals surface area contributed by atoms with Gasteiger partial charge in [0.2, 0.25) is 6.04 Å². The fourth-order valence-corrected chi connectivity index (χ4v) is 5.87. The molecule has 4 heteroatoms. The number of halogens is 1. The fraction of sp³-hybridized carbons (Fsp3) is 0.946. The molecule has 0 unspecified atom stereocenters. The lowest BCUT2D eigenvalue weighted by atomic mass is 9.98. The average Bonchev–Trinajstić information content (AvgIpc) is 2.96. The molecule has 3 nitrogen and oxygen atoms in total. The predicted octanol–water partition coefficient (Wildman–Crippen LogP) is 8.26. The van der Waals surface area contributed by atoms with Crippen LogP contribution in [0.25, 0.3) is 0 Å². The van der Waals surface area contributed by atoms with Crippen LogP contribution in [0.15, 0.2) is 0 Å². The number of hydrogen-bond acceptors (Lipinski definition) is 2. The first-order valence-electron chi connectivity index (χ1n) is 18.5. The molecule has 0 atom stereocenters. The summed E-state index contributed by atoms with van der Waals surface area (Å²) in [5, 5.41) is 0. The van der Waals surface area contributed by atoms with Gasteiger partial charge < -0.3 is 22.7 Å². The summed E-state index contributed by atoms with van der Waals surface area (Å²) < 4.78 is 0. The van der Waals surface area contributed by atoms with Crippen LogP contribution in [0, 0.1) is 0 Å². The Morgan fingerprint density at radius 3 is 0.732 bits per heavy atom. The molecule has 0 aromatic heterocycles. The number of rotatable bonds is 34. The first-order chi connectivity index (χ1) is 19.6. The van der Waals surface area contributed by atoms with Crippen LogP contribution in [0.5, 0.6) is 0 Å². The van der Waals surface area contributed by atoms with Crippen LogP contribution in [0.2, 0.25) is 0 Å². The summed E-state index contributed by atoms with van der Waals surface area (Å²) in [6.07, 6.45) is 40.9. The lowest BCUT2D eigenvalue weighted by Crippen LogP contribution is -3.00. The molecule has 246 valence electrons. The second-order valence-corrected chi connectivity index (χ2v) is 12.9. The maximum absolute atomic E-state index is 12.4. The molecular weight excluding hydrogens is 570 g/mol. The Balaban J connectivity index is 0. The first-order valence-corrected chi connectivity index (χ1v) is 18.5. The summed E-state index contributed by atoms with van der Waals surface area (Å²) in [5.74, 6) is 0.140. The van der Waals surface area contributed by atoms with E-state index in [-0.39, 0.29) is 28.5 Å². The molecule has 0 radical (unpaired) electrons. The lowest BCUT2D eigenvalue weighted by molar-refractivity contribution is -0.388. The van der Waals surface area contributed by atoms with Gasteiger partial charge in [-0.1, -0.05) is 194 Å². The summed E-state index contributed by atoms with van der Waals surface area (Å²) >= 11 is 0. The first kappa shape index (κ1) is 42.9. The van der Waals surface area contributed by atoms with Gasteiger partial charge in [0.15, 0.2) is 11.6 Å². The van der Waals surface area contributed by atoms with Gasteiger partial charge in [-0.25, -0.2) is 0 Å². The van der Waals surface area contributed by atoms with Gasteiger partial charge in [0.25, 0.3) is 0 Å². The minimum absolute atomic E-state index is 0. The largest absolute Gasteiger partial charge is 1.00 e. The van der Waals surface area contributed by atoms with Gasteiger partial charge >= 0.3 is 0 Å². The van der Waals surface area contributed by atoms with E-state index < -0.39 is 6.04 Å². The van der Waals surface area contributed by atoms with Crippen molar-refractivity contribution in [2.75, 3.05) is 0 Å². The SMILES string of the molecule is CCCCCCCCCCCCCCCCCC(=O)C([NH3+])C(=O)CCCCCCCCCCCCCCCCC.[Br-]. The van der Waals surface area contributed by atoms with Crippen molar-refractivity contribution < 1.29 is 32.3 Å². The van der Waals surface area contributed by atoms with E-state index in [0.29, 0.717) is 12.8 Å². The number of ketones is 2. The molecule has 0 saturated carbocycles. The van der Waals surface area contributed by atoms with Crippen molar-refractivity contribution in [3.8, 4) is 0 Å². The molecule has 41 heavy (non-hydrogen) atoms. The fourth-order valence-electron chi connectivity index (χ4n) is 5.87. The standard InChI is InChI=1S/C37H73NO2.BrH/c1-3-5-7-9-11-13-15-17-19-21-23-25-27-29-31-33-35(39)37(38)36(40)34-32-30-28-26-24-22-20-18-16-14-12-10-8-6-4-2;/h37H,3-34,38H2,1-2H3;1H. The molecule has 0 aromatic carbocycles. The lowest BCUT2D eigenvalue weighted by Gasteiger charge is -2.07. The normalized spacial score (nSPS) is 11.2. The Hall–Kier alpha value is -0.220. The molecular formula is C37H74BrNO2. The zero-order valence-electron chi connectivity index (χ0n) is 28.1. The van der Waals surface area contributed by atoms with Crippen molar-refractivity contribution in [1.82, 2.24) is 0 Å². The van der Waals surface area contributed by atoms with Crippen molar-refractivity contribution in [3.05, 3.63) is 0 Å². The second-order valence-electron chi connectivity index (χ2n) is 12.9. The molecule has 0 aromatic rings. The summed E-state index contributed by atoms with van der Waals surface area (Å²) in [6.45, 7) is 4.56. The van der Waals surface area contributed by atoms with Crippen LogP contribution >= 0.6 is 0 Å². The third-order valence-electron chi connectivity index (χ3n) is 8.83.